The van der Waals surface area contributed by atoms with Gasteiger partial charge in [0.1, 0.15) is 0 Å². The van der Waals surface area contributed by atoms with Crippen molar-refractivity contribution in [3.8, 4) is 0 Å². The van der Waals surface area contributed by atoms with Crippen molar-refractivity contribution in [1.29, 1.82) is 0 Å². The van der Waals surface area contributed by atoms with E-state index in [1.165, 1.54) is 77.0 Å². The minimum absolute atomic E-state index is 0.0438. The Hall–Kier alpha value is -0.570. The van der Waals surface area contributed by atoms with E-state index in [2.05, 4.69) is 6.92 Å². The van der Waals surface area contributed by atoms with Gasteiger partial charge in [0.25, 0.3) is 0 Å². The van der Waals surface area contributed by atoms with Crippen LogP contribution in [0.3, 0.4) is 0 Å². The average molecular weight is 312 g/mol. The molecule has 1 rings (SSSR count). The molecule has 2 atom stereocenters. The van der Waals surface area contributed by atoms with Gasteiger partial charge < -0.3 is 9.84 Å². The van der Waals surface area contributed by atoms with Crippen LogP contribution in [0, 0.1) is 0 Å². The fourth-order valence-corrected chi connectivity index (χ4v) is 3.13. The molecule has 130 valence electrons. The summed E-state index contributed by atoms with van der Waals surface area (Å²) in [5, 5.41) is 8.96. The van der Waals surface area contributed by atoms with E-state index in [9.17, 15) is 4.79 Å². The number of rotatable bonds is 15. The molecule has 1 N–H and O–H groups in total. The quantitative estimate of drug-likeness (QED) is 0.311. The van der Waals surface area contributed by atoms with E-state index >= 15 is 0 Å². The van der Waals surface area contributed by atoms with Crippen LogP contribution < -0.4 is 0 Å². The topological polar surface area (TPSA) is 49.8 Å². The van der Waals surface area contributed by atoms with Gasteiger partial charge in [0.15, 0.2) is 5.60 Å². The molecule has 3 nitrogen and oxygen atoms in total. The summed E-state index contributed by atoms with van der Waals surface area (Å²) in [6, 6.07) is 0. The minimum atomic E-state index is -0.878. The molecule has 0 aliphatic carbocycles. The number of hydrogen-bond donors (Lipinski definition) is 1. The Bertz CT molecular complexity index is 303. The highest BCUT2D eigenvalue weighted by Crippen LogP contribution is 2.39. The molecule has 2 unspecified atom stereocenters. The molecule has 0 aromatic carbocycles. The Morgan fingerprint density at radius 1 is 0.864 bits per heavy atom. The lowest BCUT2D eigenvalue weighted by molar-refractivity contribution is -0.142. The predicted octanol–water partition coefficient (Wildman–Crippen LogP) is 5.71. The molecule has 1 heterocycles. The van der Waals surface area contributed by atoms with Crippen LogP contribution in [-0.4, -0.2) is 22.8 Å². The fraction of sp³-hybridized carbons (Fsp3) is 0.947. The third-order valence-corrected chi connectivity index (χ3v) is 4.94. The molecule has 0 spiro atoms. The standard InChI is InChI=1S/C19H36O3/c1-3-4-5-6-7-8-9-10-11-12-13-14-15-16-17-19(2,22-17)18(20)21/h17H,3-16H2,1-2H3,(H,20,21). The van der Waals surface area contributed by atoms with Crippen molar-refractivity contribution in [2.75, 3.05) is 0 Å². The van der Waals surface area contributed by atoms with E-state index in [4.69, 9.17) is 9.84 Å². The molecule has 0 aromatic heterocycles. The molecule has 0 saturated carbocycles. The van der Waals surface area contributed by atoms with Crippen LogP contribution in [-0.2, 0) is 9.53 Å². The van der Waals surface area contributed by atoms with Crippen LogP contribution in [0.5, 0.6) is 0 Å². The largest absolute Gasteiger partial charge is 0.479 e. The smallest absolute Gasteiger partial charge is 0.338 e. The van der Waals surface area contributed by atoms with Gasteiger partial charge >= 0.3 is 5.97 Å². The summed E-state index contributed by atoms with van der Waals surface area (Å²) < 4.78 is 5.27. The molecule has 3 heteroatoms. The zero-order valence-corrected chi connectivity index (χ0v) is 14.7. The first-order chi connectivity index (χ1) is 10.6. The molecule has 1 aliphatic heterocycles. The van der Waals surface area contributed by atoms with Gasteiger partial charge in [0.05, 0.1) is 6.10 Å². The van der Waals surface area contributed by atoms with E-state index in [0.717, 1.165) is 12.8 Å². The molecule has 1 saturated heterocycles. The summed E-state index contributed by atoms with van der Waals surface area (Å²) in [6.07, 6.45) is 18.4. The monoisotopic (exact) mass is 312 g/mol. The number of aliphatic carboxylic acids is 1. The number of carboxylic acid groups (broad SMARTS) is 1. The van der Waals surface area contributed by atoms with Crippen LogP contribution in [0.25, 0.3) is 0 Å². The zero-order chi connectivity index (χ0) is 16.3. The maximum atomic E-state index is 10.9. The highest BCUT2D eigenvalue weighted by atomic mass is 16.6. The molecule has 1 fully saturated rings. The zero-order valence-electron chi connectivity index (χ0n) is 14.7. The first kappa shape index (κ1) is 19.5. The molecule has 0 radical (unpaired) electrons. The molecule has 0 amide bonds. The van der Waals surface area contributed by atoms with E-state index in [1.807, 2.05) is 0 Å². The van der Waals surface area contributed by atoms with Crippen molar-refractivity contribution < 1.29 is 14.6 Å². The Labute approximate surface area is 136 Å². The number of carbonyl (C=O) groups is 1. The maximum Gasteiger partial charge on any atom is 0.338 e. The van der Waals surface area contributed by atoms with Gasteiger partial charge in [0, 0.05) is 0 Å². The molecule has 0 aromatic rings. The third kappa shape index (κ3) is 7.62. The second kappa shape index (κ2) is 11.0. The number of hydrogen-bond acceptors (Lipinski definition) is 2. The Morgan fingerprint density at radius 3 is 1.64 bits per heavy atom. The van der Waals surface area contributed by atoms with Crippen molar-refractivity contribution in [3.63, 3.8) is 0 Å². The average Bonchev–Trinajstić information content (AvgIpc) is 3.16. The van der Waals surface area contributed by atoms with E-state index in [-0.39, 0.29) is 6.10 Å². The summed E-state index contributed by atoms with van der Waals surface area (Å²) in [4.78, 5) is 10.9. The first-order valence-corrected chi connectivity index (χ1v) is 9.52. The van der Waals surface area contributed by atoms with Gasteiger partial charge in [-0.25, -0.2) is 4.79 Å². The summed E-state index contributed by atoms with van der Waals surface area (Å²) in [6.45, 7) is 3.95. The first-order valence-electron chi connectivity index (χ1n) is 9.52. The summed E-state index contributed by atoms with van der Waals surface area (Å²) >= 11 is 0. The summed E-state index contributed by atoms with van der Waals surface area (Å²) in [5.41, 5.74) is -0.878. The van der Waals surface area contributed by atoms with Gasteiger partial charge in [-0.05, 0) is 13.3 Å². The van der Waals surface area contributed by atoms with Crippen LogP contribution in [0.2, 0.25) is 0 Å². The summed E-state index contributed by atoms with van der Waals surface area (Å²) in [7, 11) is 0. The van der Waals surface area contributed by atoms with E-state index in [0.29, 0.717) is 0 Å². The normalized spacial score (nSPS) is 23.6. The summed E-state index contributed by atoms with van der Waals surface area (Å²) in [5.74, 6) is -0.813. The lowest BCUT2D eigenvalue weighted by Crippen LogP contribution is -2.22. The van der Waals surface area contributed by atoms with Crippen LogP contribution in [0.1, 0.15) is 104 Å². The number of ether oxygens (including phenoxy) is 1. The van der Waals surface area contributed by atoms with Gasteiger partial charge in [-0.3, -0.25) is 0 Å². The number of epoxide rings is 1. The van der Waals surface area contributed by atoms with Crippen molar-refractivity contribution in [3.05, 3.63) is 0 Å². The van der Waals surface area contributed by atoms with Crippen molar-refractivity contribution in [2.45, 2.75) is 115 Å². The Morgan fingerprint density at radius 2 is 1.27 bits per heavy atom. The number of unbranched alkanes of at least 4 members (excludes halogenated alkanes) is 12. The SMILES string of the molecule is CCCCCCCCCCCCCCCC1OC1(C)C(=O)O. The fourth-order valence-electron chi connectivity index (χ4n) is 3.13. The number of carboxylic acids is 1. The van der Waals surface area contributed by atoms with Crippen LogP contribution >= 0.6 is 0 Å². The maximum absolute atomic E-state index is 10.9. The molecular weight excluding hydrogens is 276 g/mol. The lowest BCUT2D eigenvalue weighted by Gasteiger charge is -2.03. The second-order valence-electron chi connectivity index (χ2n) is 7.05. The Kier molecular flexibility index (Phi) is 9.77. The molecule has 0 bridgehead atoms. The van der Waals surface area contributed by atoms with Gasteiger partial charge in [-0.2, -0.15) is 0 Å². The van der Waals surface area contributed by atoms with Crippen LogP contribution in [0.15, 0.2) is 0 Å². The van der Waals surface area contributed by atoms with Crippen molar-refractivity contribution in [2.24, 2.45) is 0 Å². The predicted molar refractivity (Wildman–Crippen MR) is 91.2 cm³/mol. The van der Waals surface area contributed by atoms with Gasteiger partial charge in [-0.15, -0.1) is 0 Å². The molecular formula is C19H36O3. The van der Waals surface area contributed by atoms with Crippen molar-refractivity contribution in [1.82, 2.24) is 0 Å². The second-order valence-corrected chi connectivity index (χ2v) is 7.05. The van der Waals surface area contributed by atoms with Crippen molar-refractivity contribution >= 4 is 5.97 Å². The molecule has 22 heavy (non-hydrogen) atoms. The van der Waals surface area contributed by atoms with Gasteiger partial charge in [-0.1, -0.05) is 90.4 Å². The lowest BCUT2D eigenvalue weighted by atomic mass is 10.0. The van der Waals surface area contributed by atoms with E-state index < -0.39 is 11.6 Å². The highest BCUT2D eigenvalue weighted by molar-refractivity contribution is 5.80. The van der Waals surface area contributed by atoms with Crippen LogP contribution in [0.4, 0.5) is 0 Å². The van der Waals surface area contributed by atoms with Gasteiger partial charge in [0.2, 0.25) is 0 Å². The molecule has 1 aliphatic rings. The Balaban J connectivity index is 1.75. The third-order valence-electron chi connectivity index (χ3n) is 4.94. The highest BCUT2D eigenvalue weighted by Gasteiger charge is 2.58. The minimum Gasteiger partial charge on any atom is -0.479 e. The van der Waals surface area contributed by atoms with E-state index in [1.54, 1.807) is 6.92 Å².